The third kappa shape index (κ3) is 2.47. The number of nitrogens with zero attached hydrogens (tertiary/aromatic N) is 2. The van der Waals surface area contributed by atoms with Crippen LogP contribution in [-0.2, 0) is 0 Å². The molecule has 2 heteroatoms. The maximum atomic E-state index is 4.15. The molecule has 0 saturated carbocycles. The lowest BCUT2D eigenvalue weighted by atomic mass is 10.1. The first-order chi connectivity index (χ1) is 12.4. The van der Waals surface area contributed by atoms with E-state index in [2.05, 4.69) is 82.3 Å². The van der Waals surface area contributed by atoms with Gasteiger partial charge in [0.25, 0.3) is 0 Å². The maximum absolute atomic E-state index is 4.15. The van der Waals surface area contributed by atoms with Gasteiger partial charge in [-0.05, 0) is 41.1 Å². The van der Waals surface area contributed by atoms with Crippen LogP contribution in [0.15, 0.2) is 85.2 Å². The normalized spacial score (nSPS) is 10.8. The first-order valence-electron chi connectivity index (χ1n) is 8.74. The smallest absolute Gasteiger partial charge is 0.0547 e. The molecule has 0 N–H and O–H groups in total. The summed E-state index contributed by atoms with van der Waals surface area (Å²) < 4.78 is 2.32. The standard InChI is InChI=1S/C21H14N2.C2H6/c1-2-6-16-14-21-19(13-15(16)5-1)18-7-3-4-8-20(18)23(21)17-9-11-22-12-10-17;1-2/h1-14H;1-2H3. The molecule has 0 saturated heterocycles. The molecule has 2 nitrogen and oxygen atoms in total. The van der Waals surface area contributed by atoms with Crippen LogP contribution in [0.25, 0.3) is 38.3 Å². The molecule has 5 aromatic rings. The molecular weight excluding hydrogens is 304 g/mol. The van der Waals surface area contributed by atoms with E-state index in [4.69, 9.17) is 0 Å². The summed E-state index contributed by atoms with van der Waals surface area (Å²) in [6, 6.07) is 25.8. The molecule has 0 aliphatic carbocycles. The van der Waals surface area contributed by atoms with Crippen LogP contribution >= 0.6 is 0 Å². The summed E-state index contributed by atoms with van der Waals surface area (Å²) in [7, 11) is 0. The van der Waals surface area contributed by atoms with Crippen molar-refractivity contribution in [2.24, 2.45) is 0 Å². The van der Waals surface area contributed by atoms with Crippen molar-refractivity contribution in [1.29, 1.82) is 0 Å². The number of hydrogen-bond donors (Lipinski definition) is 0. The minimum atomic E-state index is 1.14. The van der Waals surface area contributed by atoms with Gasteiger partial charge in [-0.3, -0.25) is 4.98 Å². The van der Waals surface area contributed by atoms with Crippen LogP contribution < -0.4 is 0 Å². The largest absolute Gasteiger partial charge is 0.309 e. The number of pyridine rings is 1. The highest BCUT2D eigenvalue weighted by Gasteiger charge is 2.12. The zero-order valence-corrected chi connectivity index (χ0v) is 14.5. The van der Waals surface area contributed by atoms with E-state index in [9.17, 15) is 0 Å². The minimum Gasteiger partial charge on any atom is -0.309 e. The number of benzene rings is 3. The molecule has 2 aromatic heterocycles. The summed E-state index contributed by atoms with van der Waals surface area (Å²) in [6.07, 6.45) is 3.69. The van der Waals surface area contributed by atoms with Crippen molar-refractivity contribution in [3.05, 3.63) is 85.2 Å². The second-order valence-corrected chi connectivity index (χ2v) is 5.77. The Morgan fingerprint density at radius 2 is 1.28 bits per heavy atom. The van der Waals surface area contributed by atoms with Gasteiger partial charge >= 0.3 is 0 Å². The van der Waals surface area contributed by atoms with Crippen LogP contribution in [0, 0.1) is 0 Å². The monoisotopic (exact) mass is 324 g/mol. The molecule has 0 spiro atoms. The Balaban J connectivity index is 0.000000758. The van der Waals surface area contributed by atoms with Gasteiger partial charge in [0.05, 0.1) is 11.0 Å². The third-order valence-corrected chi connectivity index (χ3v) is 4.46. The number of hydrogen-bond acceptors (Lipinski definition) is 1. The Bertz CT molecular complexity index is 1150. The molecule has 3 aromatic carbocycles. The molecule has 0 amide bonds. The van der Waals surface area contributed by atoms with Gasteiger partial charge < -0.3 is 4.57 Å². The van der Waals surface area contributed by atoms with Gasteiger partial charge in [-0.1, -0.05) is 56.3 Å². The highest BCUT2D eigenvalue weighted by Crippen LogP contribution is 2.34. The SMILES string of the molecule is CC.c1ccc2cc3c(cc2c1)c1ccccc1n3-c1ccncc1. The topological polar surface area (TPSA) is 17.8 Å². The fourth-order valence-corrected chi connectivity index (χ4v) is 3.43. The van der Waals surface area contributed by atoms with E-state index >= 15 is 0 Å². The van der Waals surface area contributed by atoms with Crippen molar-refractivity contribution in [1.82, 2.24) is 9.55 Å². The van der Waals surface area contributed by atoms with Gasteiger partial charge in [0.15, 0.2) is 0 Å². The summed E-state index contributed by atoms with van der Waals surface area (Å²) in [6.45, 7) is 4.00. The highest BCUT2D eigenvalue weighted by atomic mass is 15.0. The average Bonchev–Trinajstić information content (AvgIpc) is 3.02. The molecule has 25 heavy (non-hydrogen) atoms. The maximum Gasteiger partial charge on any atom is 0.0547 e. The Morgan fingerprint density at radius 3 is 2.04 bits per heavy atom. The number of rotatable bonds is 1. The molecule has 0 fully saturated rings. The van der Waals surface area contributed by atoms with Crippen molar-refractivity contribution in [2.45, 2.75) is 13.8 Å². The minimum absolute atomic E-state index is 1.14. The number of fused-ring (bicyclic) bond motifs is 4. The van der Waals surface area contributed by atoms with Crippen LogP contribution in [0.4, 0.5) is 0 Å². The van der Waals surface area contributed by atoms with Gasteiger partial charge in [-0.2, -0.15) is 0 Å². The van der Waals surface area contributed by atoms with Gasteiger partial charge in [0.2, 0.25) is 0 Å². The number of para-hydroxylation sites is 1. The van der Waals surface area contributed by atoms with E-state index in [1.807, 2.05) is 26.2 Å². The van der Waals surface area contributed by atoms with Gasteiger partial charge in [-0.25, -0.2) is 0 Å². The van der Waals surface area contributed by atoms with Crippen molar-refractivity contribution in [2.75, 3.05) is 0 Å². The lowest BCUT2D eigenvalue weighted by Gasteiger charge is -2.07. The Kier molecular flexibility index (Phi) is 3.95. The highest BCUT2D eigenvalue weighted by molar-refractivity contribution is 6.13. The predicted octanol–water partition coefficient (Wildman–Crippen LogP) is 6.36. The molecule has 0 bridgehead atoms. The summed E-state index contributed by atoms with van der Waals surface area (Å²) in [5.41, 5.74) is 3.60. The second kappa shape index (κ2) is 6.40. The van der Waals surface area contributed by atoms with Gasteiger partial charge in [-0.15, -0.1) is 0 Å². The second-order valence-electron chi connectivity index (χ2n) is 5.77. The Labute approximate surface area is 147 Å². The lowest BCUT2D eigenvalue weighted by Crippen LogP contribution is -1.93. The van der Waals surface area contributed by atoms with E-state index in [1.54, 1.807) is 0 Å². The molecule has 0 aliphatic heterocycles. The average molecular weight is 324 g/mol. The molecule has 2 heterocycles. The van der Waals surface area contributed by atoms with E-state index in [-0.39, 0.29) is 0 Å². The summed E-state index contributed by atoms with van der Waals surface area (Å²) in [5, 5.41) is 5.11. The van der Waals surface area contributed by atoms with Crippen LogP contribution in [0.2, 0.25) is 0 Å². The number of aromatic nitrogens is 2. The lowest BCUT2D eigenvalue weighted by molar-refractivity contribution is 1.16. The summed E-state index contributed by atoms with van der Waals surface area (Å²) >= 11 is 0. The van der Waals surface area contributed by atoms with Crippen molar-refractivity contribution in [3.8, 4) is 5.69 Å². The summed E-state index contributed by atoms with van der Waals surface area (Å²) in [5.74, 6) is 0. The van der Waals surface area contributed by atoms with E-state index in [1.165, 1.54) is 32.6 Å². The first kappa shape index (κ1) is 15.4. The Morgan fingerprint density at radius 1 is 0.640 bits per heavy atom. The zero-order valence-electron chi connectivity index (χ0n) is 14.5. The van der Waals surface area contributed by atoms with Crippen LogP contribution in [-0.4, -0.2) is 9.55 Å². The van der Waals surface area contributed by atoms with Crippen molar-refractivity contribution >= 4 is 32.6 Å². The van der Waals surface area contributed by atoms with Gasteiger partial charge in [0.1, 0.15) is 0 Å². The fraction of sp³-hybridized carbons (Fsp3) is 0.0870. The third-order valence-electron chi connectivity index (χ3n) is 4.46. The van der Waals surface area contributed by atoms with Crippen LogP contribution in [0.3, 0.4) is 0 Å². The molecular formula is C23H20N2. The molecule has 0 atom stereocenters. The molecule has 122 valence electrons. The van der Waals surface area contributed by atoms with E-state index in [0.717, 1.165) is 5.69 Å². The van der Waals surface area contributed by atoms with Crippen molar-refractivity contribution in [3.63, 3.8) is 0 Å². The zero-order chi connectivity index (χ0) is 17.2. The Hall–Kier alpha value is -3.13. The van der Waals surface area contributed by atoms with Gasteiger partial charge in [0, 0.05) is 28.9 Å². The fourth-order valence-electron chi connectivity index (χ4n) is 3.43. The van der Waals surface area contributed by atoms with E-state index in [0.29, 0.717) is 0 Å². The molecule has 0 radical (unpaired) electrons. The molecule has 0 aliphatic rings. The quantitative estimate of drug-likeness (QED) is 0.351. The van der Waals surface area contributed by atoms with Crippen LogP contribution in [0.5, 0.6) is 0 Å². The predicted molar refractivity (Wildman–Crippen MR) is 107 cm³/mol. The molecule has 0 unspecified atom stereocenters. The van der Waals surface area contributed by atoms with Crippen LogP contribution in [0.1, 0.15) is 13.8 Å². The summed E-state index contributed by atoms with van der Waals surface area (Å²) in [4.78, 5) is 4.15. The first-order valence-corrected chi connectivity index (χ1v) is 8.74. The van der Waals surface area contributed by atoms with E-state index < -0.39 is 0 Å². The molecule has 5 rings (SSSR count). The van der Waals surface area contributed by atoms with Crippen molar-refractivity contribution < 1.29 is 0 Å².